The second kappa shape index (κ2) is 5.46. The van der Waals surface area contributed by atoms with E-state index >= 15 is 0 Å². The molecule has 5 heteroatoms. The molecule has 0 aliphatic carbocycles. The minimum absolute atomic E-state index is 0.476. The van der Waals surface area contributed by atoms with Crippen molar-refractivity contribution in [1.82, 2.24) is 9.97 Å². The lowest BCUT2D eigenvalue weighted by Gasteiger charge is -2.08. The van der Waals surface area contributed by atoms with Crippen LogP contribution in [-0.2, 0) is 6.61 Å². The Labute approximate surface area is 121 Å². The number of methoxy groups -OCH3 is 1. The molecule has 0 aliphatic rings. The first-order valence-electron chi connectivity index (χ1n) is 6.23. The highest BCUT2D eigenvalue weighted by Gasteiger charge is 2.06. The van der Waals surface area contributed by atoms with Crippen molar-refractivity contribution >= 4 is 22.2 Å². The highest BCUT2D eigenvalue weighted by Crippen LogP contribution is 2.27. The van der Waals surface area contributed by atoms with Gasteiger partial charge in [0.1, 0.15) is 23.1 Å². The van der Waals surface area contributed by atoms with Gasteiger partial charge in [-0.2, -0.15) is 0 Å². The van der Waals surface area contributed by atoms with E-state index in [1.54, 1.807) is 24.6 Å². The van der Waals surface area contributed by atoms with Crippen LogP contribution in [0.1, 0.15) is 9.88 Å². The summed E-state index contributed by atoms with van der Waals surface area (Å²) in [5, 5.41) is 1.95. The Morgan fingerprint density at radius 3 is 2.85 bits per heavy atom. The summed E-state index contributed by atoms with van der Waals surface area (Å²) >= 11 is 1.65. The Kier molecular flexibility index (Phi) is 3.52. The standard InChI is InChI=1S/C15H14N2O2S/c1-10-8-17-15(20-10)9-19-14-5-6-16-13-7-11(18-2)3-4-12(13)14/h3-8H,9H2,1-2H3. The number of aromatic nitrogens is 2. The molecule has 1 aromatic carbocycles. The van der Waals surface area contributed by atoms with E-state index in [1.165, 1.54) is 4.88 Å². The van der Waals surface area contributed by atoms with Crippen LogP contribution in [-0.4, -0.2) is 17.1 Å². The summed E-state index contributed by atoms with van der Waals surface area (Å²) in [5.41, 5.74) is 0.858. The molecule has 0 amide bonds. The van der Waals surface area contributed by atoms with Crippen LogP contribution in [0.5, 0.6) is 11.5 Å². The molecule has 3 rings (SSSR count). The van der Waals surface area contributed by atoms with Gasteiger partial charge in [-0.15, -0.1) is 11.3 Å². The molecular weight excluding hydrogens is 272 g/mol. The molecular formula is C15H14N2O2S. The third-order valence-electron chi connectivity index (χ3n) is 2.93. The molecule has 0 unspecified atom stereocenters. The zero-order valence-electron chi connectivity index (χ0n) is 11.3. The third-order valence-corrected chi connectivity index (χ3v) is 3.82. The van der Waals surface area contributed by atoms with Gasteiger partial charge >= 0.3 is 0 Å². The van der Waals surface area contributed by atoms with Crippen LogP contribution in [0, 0.1) is 6.92 Å². The number of hydrogen-bond acceptors (Lipinski definition) is 5. The lowest BCUT2D eigenvalue weighted by molar-refractivity contribution is 0.309. The predicted octanol–water partition coefficient (Wildman–Crippen LogP) is 3.59. The number of thiazole rings is 1. The molecule has 2 aromatic heterocycles. The maximum absolute atomic E-state index is 5.86. The normalized spacial score (nSPS) is 10.7. The van der Waals surface area contributed by atoms with Gasteiger partial charge in [0.2, 0.25) is 0 Å². The fraction of sp³-hybridized carbons (Fsp3) is 0.200. The monoisotopic (exact) mass is 286 g/mol. The van der Waals surface area contributed by atoms with Crippen LogP contribution in [0.2, 0.25) is 0 Å². The smallest absolute Gasteiger partial charge is 0.140 e. The van der Waals surface area contributed by atoms with E-state index in [9.17, 15) is 0 Å². The first-order chi connectivity index (χ1) is 9.76. The number of nitrogens with zero attached hydrogens (tertiary/aromatic N) is 2. The Hall–Kier alpha value is -2.14. The van der Waals surface area contributed by atoms with E-state index < -0.39 is 0 Å². The minimum atomic E-state index is 0.476. The van der Waals surface area contributed by atoms with Gasteiger partial charge in [-0.3, -0.25) is 4.98 Å². The maximum atomic E-state index is 5.86. The van der Waals surface area contributed by atoms with E-state index in [4.69, 9.17) is 9.47 Å². The second-order valence-electron chi connectivity index (χ2n) is 4.35. The van der Waals surface area contributed by atoms with E-state index in [-0.39, 0.29) is 0 Å². The van der Waals surface area contributed by atoms with Gasteiger partial charge in [-0.05, 0) is 25.1 Å². The van der Waals surface area contributed by atoms with Crippen molar-refractivity contribution in [1.29, 1.82) is 0 Å². The Morgan fingerprint density at radius 1 is 1.20 bits per heavy atom. The van der Waals surface area contributed by atoms with Gasteiger partial charge in [0.05, 0.1) is 12.6 Å². The van der Waals surface area contributed by atoms with Gasteiger partial charge in [-0.25, -0.2) is 4.98 Å². The van der Waals surface area contributed by atoms with Crippen LogP contribution >= 0.6 is 11.3 Å². The highest BCUT2D eigenvalue weighted by molar-refractivity contribution is 7.11. The van der Waals surface area contributed by atoms with Crippen molar-refractivity contribution in [3.63, 3.8) is 0 Å². The average Bonchev–Trinajstić information content (AvgIpc) is 2.90. The molecule has 0 radical (unpaired) electrons. The zero-order valence-corrected chi connectivity index (χ0v) is 12.1. The number of aryl methyl sites for hydroxylation is 1. The Bertz CT molecular complexity index is 740. The zero-order chi connectivity index (χ0) is 13.9. The third kappa shape index (κ3) is 2.58. The van der Waals surface area contributed by atoms with E-state index in [0.29, 0.717) is 6.61 Å². The molecule has 0 atom stereocenters. The van der Waals surface area contributed by atoms with Gasteiger partial charge in [0.15, 0.2) is 0 Å². The average molecular weight is 286 g/mol. The Balaban J connectivity index is 1.87. The summed E-state index contributed by atoms with van der Waals surface area (Å²) in [6.07, 6.45) is 3.60. The SMILES string of the molecule is COc1ccc2c(OCc3ncc(C)s3)ccnc2c1. The number of ether oxygens (including phenoxy) is 2. The minimum Gasteiger partial charge on any atom is -0.497 e. The molecule has 0 fully saturated rings. The summed E-state index contributed by atoms with van der Waals surface area (Å²) in [6, 6.07) is 7.64. The number of fused-ring (bicyclic) bond motifs is 1. The van der Waals surface area contributed by atoms with Gasteiger partial charge < -0.3 is 9.47 Å². The molecule has 0 saturated carbocycles. The molecule has 0 bridgehead atoms. The van der Waals surface area contributed by atoms with Gasteiger partial charge in [0, 0.05) is 28.7 Å². The summed E-state index contributed by atoms with van der Waals surface area (Å²) in [5.74, 6) is 1.60. The molecule has 102 valence electrons. The second-order valence-corrected chi connectivity index (χ2v) is 5.66. The highest BCUT2D eigenvalue weighted by atomic mass is 32.1. The van der Waals surface area contributed by atoms with Crippen LogP contribution < -0.4 is 9.47 Å². The number of rotatable bonds is 4. The quantitative estimate of drug-likeness (QED) is 0.735. The van der Waals surface area contributed by atoms with Crippen molar-refractivity contribution in [3.05, 3.63) is 46.5 Å². The van der Waals surface area contributed by atoms with Crippen LogP contribution in [0.3, 0.4) is 0 Å². The molecule has 0 N–H and O–H groups in total. The van der Waals surface area contributed by atoms with Crippen LogP contribution in [0.25, 0.3) is 10.9 Å². The van der Waals surface area contributed by atoms with E-state index in [0.717, 1.165) is 27.4 Å². The van der Waals surface area contributed by atoms with Crippen LogP contribution in [0.4, 0.5) is 0 Å². The molecule has 20 heavy (non-hydrogen) atoms. The molecule has 0 saturated heterocycles. The Morgan fingerprint density at radius 2 is 2.10 bits per heavy atom. The molecule has 0 spiro atoms. The van der Waals surface area contributed by atoms with Crippen molar-refractivity contribution in [2.75, 3.05) is 7.11 Å². The number of pyridine rings is 1. The first kappa shape index (κ1) is 12.9. The van der Waals surface area contributed by atoms with Crippen molar-refractivity contribution in [2.24, 2.45) is 0 Å². The predicted molar refractivity (Wildman–Crippen MR) is 79.5 cm³/mol. The summed E-state index contributed by atoms with van der Waals surface area (Å²) in [6.45, 7) is 2.51. The fourth-order valence-corrected chi connectivity index (χ4v) is 2.66. The molecule has 4 nitrogen and oxygen atoms in total. The topological polar surface area (TPSA) is 44.2 Å². The lowest BCUT2D eigenvalue weighted by atomic mass is 10.2. The molecule has 0 aliphatic heterocycles. The van der Waals surface area contributed by atoms with Crippen LogP contribution in [0.15, 0.2) is 36.7 Å². The number of benzene rings is 1. The molecule has 3 aromatic rings. The maximum Gasteiger partial charge on any atom is 0.140 e. The lowest BCUT2D eigenvalue weighted by Crippen LogP contribution is -1.96. The summed E-state index contributed by atoms with van der Waals surface area (Å²) < 4.78 is 11.1. The molecule has 2 heterocycles. The van der Waals surface area contributed by atoms with Gasteiger partial charge in [-0.1, -0.05) is 0 Å². The summed E-state index contributed by atoms with van der Waals surface area (Å²) in [4.78, 5) is 9.82. The van der Waals surface area contributed by atoms with Gasteiger partial charge in [0.25, 0.3) is 0 Å². The van der Waals surface area contributed by atoms with Crippen molar-refractivity contribution in [2.45, 2.75) is 13.5 Å². The largest absolute Gasteiger partial charge is 0.497 e. The fourth-order valence-electron chi connectivity index (χ4n) is 1.96. The van der Waals surface area contributed by atoms with E-state index in [1.807, 2.05) is 37.4 Å². The van der Waals surface area contributed by atoms with E-state index in [2.05, 4.69) is 9.97 Å². The first-order valence-corrected chi connectivity index (χ1v) is 7.05. The summed E-state index contributed by atoms with van der Waals surface area (Å²) in [7, 11) is 1.65. The van der Waals surface area contributed by atoms with Crippen molar-refractivity contribution < 1.29 is 9.47 Å². The van der Waals surface area contributed by atoms with Crippen molar-refractivity contribution in [3.8, 4) is 11.5 Å². The number of hydrogen-bond donors (Lipinski definition) is 0.